The van der Waals surface area contributed by atoms with Crippen LogP contribution in [0.1, 0.15) is 23.0 Å². The molecule has 82 valence electrons. The van der Waals surface area contributed by atoms with Crippen molar-refractivity contribution in [3.8, 4) is 0 Å². The highest BCUT2D eigenvalue weighted by atomic mass is 15.0. The molecule has 2 aromatic rings. The van der Waals surface area contributed by atoms with Gasteiger partial charge >= 0.3 is 0 Å². The first-order valence-electron chi connectivity index (χ1n) is 5.32. The summed E-state index contributed by atoms with van der Waals surface area (Å²) in [7, 11) is 1.92. The maximum atomic E-state index is 4.29. The van der Waals surface area contributed by atoms with Gasteiger partial charge in [-0.3, -0.25) is 0 Å². The van der Waals surface area contributed by atoms with Crippen LogP contribution >= 0.6 is 0 Å². The summed E-state index contributed by atoms with van der Waals surface area (Å²) in [5.74, 6) is 0.805. The van der Waals surface area contributed by atoms with Crippen molar-refractivity contribution >= 4 is 0 Å². The molecule has 1 aromatic carbocycles. The standard InChI is InChI=1S/C13H15N3/c1-10-6-3-4-7-11(10)12(14-2)13-15-8-5-9-16-13/h3-9,12,14H,1-2H3. The maximum absolute atomic E-state index is 4.29. The molecule has 3 nitrogen and oxygen atoms in total. The Hall–Kier alpha value is -1.74. The number of aromatic nitrogens is 2. The van der Waals surface area contributed by atoms with E-state index in [9.17, 15) is 0 Å². The van der Waals surface area contributed by atoms with E-state index in [0.29, 0.717) is 0 Å². The molecular weight excluding hydrogens is 198 g/mol. The quantitative estimate of drug-likeness (QED) is 0.848. The third-order valence-corrected chi connectivity index (χ3v) is 2.63. The van der Waals surface area contributed by atoms with E-state index in [0.717, 1.165) is 5.82 Å². The lowest BCUT2D eigenvalue weighted by molar-refractivity contribution is 0.643. The number of nitrogens with zero attached hydrogens (tertiary/aromatic N) is 2. The van der Waals surface area contributed by atoms with Gasteiger partial charge in [0.1, 0.15) is 5.82 Å². The Morgan fingerprint density at radius 1 is 1.06 bits per heavy atom. The Balaban J connectivity index is 2.41. The average molecular weight is 213 g/mol. The number of benzene rings is 1. The van der Waals surface area contributed by atoms with E-state index < -0.39 is 0 Å². The summed E-state index contributed by atoms with van der Waals surface area (Å²) in [5.41, 5.74) is 2.46. The average Bonchev–Trinajstić information content (AvgIpc) is 2.34. The number of hydrogen-bond acceptors (Lipinski definition) is 3. The van der Waals surface area contributed by atoms with Gasteiger partial charge in [-0.15, -0.1) is 0 Å². The molecule has 1 aromatic heterocycles. The van der Waals surface area contributed by atoms with Gasteiger partial charge in [-0.05, 0) is 31.2 Å². The molecule has 0 bridgehead atoms. The Morgan fingerprint density at radius 2 is 1.75 bits per heavy atom. The van der Waals surface area contributed by atoms with Crippen molar-refractivity contribution in [2.45, 2.75) is 13.0 Å². The second-order valence-electron chi connectivity index (χ2n) is 3.69. The number of aryl methyl sites for hydroxylation is 1. The SMILES string of the molecule is CNC(c1ncccn1)c1ccccc1C. The molecule has 0 aliphatic carbocycles. The van der Waals surface area contributed by atoms with Crippen LogP contribution in [0.5, 0.6) is 0 Å². The molecule has 1 unspecified atom stereocenters. The molecule has 1 N–H and O–H groups in total. The topological polar surface area (TPSA) is 37.8 Å². The van der Waals surface area contributed by atoms with Crippen molar-refractivity contribution in [1.29, 1.82) is 0 Å². The van der Waals surface area contributed by atoms with Gasteiger partial charge in [0.2, 0.25) is 0 Å². The first-order valence-corrected chi connectivity index (χ1v) is 5.32. The van der Waals surface area contributed by atoms with Crippen LogP contribution in [0, 0.1) is 6.92 Å². The lowest BCUT2D eigenvalue weighted by atomic mass is 10.0. The minimum atomic E-state index is 0.0578. The number of rotatable bonds is 3. The van der Waals surface area contributed by atoms with Gasteiger partial charge in [0, 0.05) is 12.4 Å². The zero-order valence-corrected chi connectivity index (χ0v) is 9.51. The monoisotopic (exact) mass is 213 g/mol. The smallest absolute Gasteiger partial charge is 0.149 e. The van der Waals surface area contributed by atoms with Crippen LogP contribution in [0.4, 0.5) is 0 Å². The molecule has 0 aliphatic heterocycles. The summed E-state index contributed by atoms with van der Waals surface area (Å²) in [4.78, 5) is 8.59. The fraction of sp³-hybridized carbons (Fsp3) is 0.231. The van der Waals surface area contributed by atoms with Crippen LogP contribution in [0.25, 0.3) is 0 Å². The van der Waals surface area contributed by atoms with E-state index in [-0.39, 0.29) is 6.04 Å². The van der Waals surface area contributed by atoms with Crippen molar-refractivity contribution in [2.75, 3.05) is 7.05 Å². The zero-order valence-electron chi connectivity index (χ0n) is 9.51. The van der Waals surface area contributed by atoms with Crippen molar-refractivity contribution < 1.29 is 0 Å². The summed E-state index contributed by atoms with van der Waals surface area (Å²) in [6.45, 7) is 2.10. The third kappa shape index (κ3) is 2.09. The van der Waals surface area contributed by atoms with Crippen LogP contribution in [-0.2, 0) is 0 Å². The number of nitrogens with one attached hydrogen (secondary N) is 1. The minimum absolute atomic E-state index is 0.0578. The summed E-state index contributed by atoms with van der Waals surface area (Å²) in [6, 6.07) is 10.2. The van der Waals surface area contributed by atoms with E-state index in [1.807, 2.05) is 25.2 Å². The minimum Gasteiger partial charge on any atom is -0.307 e. The van der Waals surface area contributed by atoms with Crippen molar-refractivity contribution in [3.63, 3.8) is 0 Å². The van der Waals surface area contributed by atoms with Gasteiger partial charge in [0.15, 0.2) is 0 Å². The summed E-state index contributed by atoms with van der Waals surface area (Å²) in [5, 5.41) is 3.25. The van der Waals surface area contributed by atoms with Crippen LogP contribution in [0.15, 0.2) is 42.7 Å². The summed E-state index contributed by atoms with van der Waals surface area (Å²) >= 11 is 0. The van der Waals surface area contributed by atoms with E-state index in [1.54, 1.807) is 12.4 Å². The van der Waals surface area contributed by atoms with E-state index in [4.69, 9.17) is 0 Å². The van der Waals surface area contributed by atoms with Crippen molar-refractivity contribution in [3.05, 3.63) is 59.7 Å². The lowest BCUT2D eigenvalue weighted by Gasteiger charge is -2.16. The maximum Gasteiger partial charge on any atom is 0.149 e. The molecule has 0 saturated heterocycles. The van der Waals surface area contributed by atoms with Crippen LogP contribution in [0.3, 0.4) is 0 Å². The highest BCUT2D eigenvalue weighted by Gasteiger charge is 2.15. The zero-order chi connectivity index (χ0) is 11.4. The van der Waals surface area contributed by atoms with Gasteiger partial charge < -0.3 is 5.32 Å². The van der Waals surface area contributed by atoms with Crippen LogP contribution < -0.4 is 5.32 Å². The molecule has 0 fully saturated rings. The molecule has 0 amide bonds. The van der Waals surface area contributed by atoms with Crippen LogP contribution in [-0.4, -0.2) is 17.0 Å². The fourth-order valence-corrected chi connectivity index (χ4v) is 1.79. The largest absolute Gasteiger partial charge is 0.307 e. The predicted octanol–water partition coefficient (Wildman–Crippen LogP) is 2.09. The normalized spacial score (nSPS) is 12.4. The first-order chi connectivity index (χ1) is 7.83. The molecule has 3 heteroatoms. The Kier molecular flexibility index (Phi) is 3.27. The highest BCUT2D eigenvalue weighted by molar-refractivity contribution is 5.32. The number of hydrogen-bond donors (Lipinski definition) is 1. The Morgan fingerprint density at radius 3 is 2.38 bits per heavy atom. The van der Waals surface area contributed by atoms with Crippen molar-refractivity contribution in [1.82, 2.24) is 15.3 Å². The molecule has 16 heavy (non-hydrogen) atoms. The van der Waals surface area contributed by atoms with Crippen molar-refractivity contribution in [2.24, 2.45) is 0 Å². The second-order valence-corrected chi connectivity index (χ2v) is 3.69. The van der Waals surface area contributed by atoms with Crippen LogP contribution in [0.2, 0.25) is 0 Å². The lowest BCUT2D eigenvalue weighted by Crippen LogP contribution is -2.20. The molecular formula is C13H15N3. The highest BCUT2D eigenvalue weighted by Crippen LogP contribution is 2.21. The summed E-state index contributed by atoms with van der Waals surface area (Å²) < 4.78 is 0. The van der Waals surface area contributed by atoms with Gasteiger partial charge in [-0.1, -0.05) is 24.3 Å². The molecule has 0 radical (unpaired) electrons. The van der Waals surface area contributed by atoms with Gasteiger partial charge in [0.25, 0.3) is 0 Å². The van der Waals surface area contributed by atoms with E-state index in [1.165, 1.54) is 11.1 Å². The second kappa shape index (κ2) is 4.86. The van der Waals surface area contributed by atoms with Gasteiger partial charge in [-0.25, -0.2) is 9.97 Å². The van der Waals surface area contributed by atoms with Gasteiger partial charge in [-0.2, -0.15) is 0 Å². The van der Waals surface area contributed by atoms with E-state index in [2.05, 4.69) is 34.3 Å². The molecule has 0 saturated carbocycles. The van der Waals surface area contributed by atoms with E-state index >= 15 is 0 Å². The predicted molar refractivity (Wildman–Crippen MR) is 64.1 cm³/mol. The summed E-state index contributed by atoms with van der Waals surface area (Å²) in [6.07, 6.45) is 3.54. The molecule has 1 heterocycles. The Labute approximate surface area is 95.6 Å². The molecule has 0 aliphatic rings. The Bertz CT molecular complexity index is 454. The third-order valence-electron chi connectivity index (χ3n) is 2.63. The molecule has 2 rings (SSSR count). The fourth-order valence-electron chi connectivity index (χ4n) is 1.79. The van der Waals surface area contributed by atoms with Gasteiger partial charge in [0.05, 0.1) is 6.04 Å². The first kappa shape index (κ1) is 10.8. The molecule has 0 spiro atoms. The molecule has 1 atom stereocenters.